The Hall–Kier alpha value is -1.26. The van der Waals surface area contributed by atoms with Gasteiger partial charge in [-0.2, -0.15) is 13.2 Å². The second-order valence-electron chi connectivity index (χ2n) is 7.66. The van der Waals surface area contributed by atoms with E-state index < -0.39 is 11.9 Å². The third kappa shape index (κ3) is 4.35. The molecule has 1 aliphatic carbocycles. The molecule has 5 heteroatoms. The van der Waals surface area contributed by atoms with Gasteiger partial charge in [0.15, 0.2) is 0 Å². The molecule has 0 radical (unpaired) electrons. The van der Waals surface area contributed by atoms with E-state index in [0.29, 0.717) is 5.82 Å². The van der Waals surface area contributed by atoms with E-state index >= 15 is 0 Å². The molecule has 0 atom stereocenters. The lowest BCUT2D eigenvalue weighted by atomic mass is 9.63. The van der Waals surface area contributed by atoms with Crippen LogP contribution < -0.4 is 5.32 Å². The molecule has 118 valence electrons. The van der Waals surface area contributed by atoms with Gasteiger partial charge in [0.1, 0.15) is 11.5 Å². The molecule has 0 aromatic carbocycles. The van der Waals surface area contributed by atoms with E-state index in [-0.39, 0.29) is 16.9 Å². The normalized spacial score (nSPS) is 22.0. The molecule has 2 nitrogen and oxygen atoms in total. The number of anilines is 1. The summed E-state index contributed by atoms with van der Waals surface area (Å²) in [7, 11) is 0. The van der Waals surface area contributed by atoms with Crippen LogP contribution in [0.25, 0.3) is 0 Å². The number of halogens is 3. The second-order valence-corrected chi connectivity index (χ2v) is 7.66. The summed E-state index contributed by atoms with van der Waals surface area (Å²) in [6.07, 6.45) is -1.40. The summed E-state index contributed by atoms with van der Waals surface area (Å²) >= 11 is 0. The molecule has 1 fully saturated rings. The first kappa shape index (κ1) is 16.1. The molecule has 1 heterocycles. The maximum atomic E-state index is 12.7. The van der Waals surface area contributed by atoms with Crippen molar-refractivity contribution >= 4 is 5.82 Å². The summed E-state index contributed by atoms with van der Waals surface area (Å²) in [5, 5.41) is 3.19. The fraction of sp³-hybridized carbons (Fsp3) is 0.688. The van der Waals surface area contributed by atoms with E-state index in [0.717, 1.165) is 25.3 Å². The summed E-state index contributed by atoms with van der Waals surface area (Å²) < 4.78 is 38.1. The van der Waals surface area contributed by atoms with Gasteiger partial charge in [-0.1, -0.05) is 33.8 Å². The van der Waals surface area contributed by atoms with E-state index in [1.54, 1.807) is 6.07 Å². The molecule has 2 rings (SSSR count). The first-order valence-corrected chi connectivity index (χ1v) is 7.28. The van der Waals surface area contributed by atoms with Crippen molar-refractivity contribution < 1.29 is 13.2 Å². The SMILES string of the molecule is CC1(C)CC(Nc2cccc(C(F)(F)F)n2)CC(C)(C)C1. The second kappa shape index (κ2) is 5.18. The molecule has 1 aromatic rings. The number of rotatable bonds is 2. The molecule has 21 heavy (non-hydrogen) atoms. The standard InChI is InChI=1S/C16H23F3N2/c1-14(2)8-11(9-15(3,4)10-14)20-13-7-5-6-12(21-13)16(17,18)19/h5-7,11H,8-10H2,1-4H3,(H,20,21). The van der Waals surface area contributed by atoms with Crippen molar-refractivity contribution in [2.24, 2.45) is 10.8 Å². The minimum Gasteiger partial charge on any atom is -0.367 e. The molecule has 1 aliphatic rings. The predicted octanol–water partition coefficient (Wildman–Crippen LogP) is 5.12. The van der Waals surface area contributed by atoms with Gasteiger partial charge in [-0.3, -0.25) is 0 Å². The number of hydrogen-bond acceptors (Lipinski definition) is 2. The minimum atomic E-state index is -4.40. The van der Waals surface area contributed by atoms with Gasteiger partial charge < -0.3 is 5.32 Å². The van der Waals surface area contributed by atoms with Crippen LogP contribution in [0.2, 0.25) is 0 Å². The number of nitrogens with one attached hydrogen (secondary N) is 1. The van der Waals surface area contributed by atoms with E-state index in [1.165, 1.54) is 6.07 Å². The van der Waals surface area contributed by atoms with Gasteiger partial charge in [0.05, 0.1) is 0 Å². The minimum absolute atomic E-state index is 0.153. The molecule has 0 aliphatic heterocycles. The Balaban J connectivity index is 2.15. The number of pyridine rings is 1. The summed E-state index contributed by atoms with van der Waals surface area (Å²) in [4.78, 5) is 3.70. The molecule has 0 unspecified atom stereocenters. The van der Waals surface area contributed by atoms with Crippen LogP contribution in [0.4, 0.5) is 19.0 Å². The number of nitrogens with zero attached hydrogens (tertiary/aromatic N) is 1. The largest absolute Gasteiger partial charge is 0.433 e. The topological polar surface area (TPSA) is 24.9 Å². The highest BCUT2D eigenvalue weighted by Gasteiger charge is 2.38. The van der Waals surface area contributed by atoms with Crippen LogP contribution in [0.15, 0.2) is 18.2 Å². The maximum absolute atomic E-state index is 12.7. The van der Waals surface area contributed by atoms with E-state index in [9.17, 15) is 13.2 Å². The first-order chi connectivity index (χ1) is 9.47. The Labute approximate surface area is 124 Å². The fourth-order valence-electron chi connectivity index (χ4n) is 3.83. The highest BCUT2D eigenvalue weighted by Crippen LogP contribution is 2.46. The first-order valence-electron chi connectivity index (χ1n) is 7.28. The monoisotopic (exact) mass is 300 g/mol. The average molecular weight is 300 g/mol. The average Bonchev–Trinajstić information content (AvgIpc) is 2.23. The molecule has 0 saturated heterocycles. The van der Waals surface area contributed by atoms with Gasteiger partial charge in [-0.05, 0) is 42.2 Å². The van der Waals surface area contributed by atoms with Crippen LogP contribution in [-0.2, 0) is 6.18 Å². The van der Waals surface area contributed by atoms with E-state index in [2.05, 4.69) is 38.0 Å². The van der Waals surface area contributed by atoms with Crippen LogP contribution in [-0.4, -0.2) is 11.0 Å². The molecular weight excluding hydrogens is 277 g/mol. The zero-order valence-electron chi connectivity index (χ0n) is 13.0. The lowest BCUT2D eigenvalue weighted by molar-refractivity contribution is -0.141. The van der Waals surface area contributed by atoms with Gasteiger partial charge in [-0.15, -0.1) is 0 Å². The Morgan fingerprint density at radius 2 is 1.67 bits per heavy atom. The van der Waals surface area contributed by atoms with Gasteiger partial charge in [0.25, 0.3) is 0 Å². The van der Waals surface area contributed by atoms with Crippen molar-refractivity contribution in [3.05, 3.63) is 23.9 Å². The zero-order chi connectivity index (χ0) is 15.9. The number of alkyl halides is 3. The van der Waals surface area contributed by atoms with E-state index in [1.807, 2.05) is 0 Å². The third-order valence-electron chi connectivity index (χ3n) is 3.95. The third-order valence-corrected chi connectivity index (χ3v) is 3.95. The van der Waals surface area contributed by atoms with Crippen molar-refractivity contribution in [2.45, 2.75) is 59.2 Å². The fourth-order valence-corrected chi connectivity index (χ4v) is 3.83. The lowest BCUT2D eigenvalue weighted by Gasteiger charge is -2.45. The summed E-state index contributed by atoms with van der Waals surface area (Å²) in [6.45, 7) is 8.84. The number of hydrogen-bond donors (Lipinski definition) is 1. The Bertz CT molecular complexity index is 490. The summed E-state index contributed by atoms with van der Waals surface area (Å²) in [5.41, 5.74) is -0.482. The van der Waals surface area contributed by atoms with E-state index in [4.69, 9.17) is 0 Å². The van der Waals surface area contributed by atoms with Crippen LogP contribution in [0.1, 0.15) is 52.7 Å². The highest BCUT2D eigenvalue weighted by molar-refractivity contribution is 5.37. The van der Waals surface area contributed by atoms with Gasteiger partial charge in [-0.25, -0.2) is 4.98 Å². The summed E-state index contributed by atoms with van der Waals surface area (Å²) in [5.74, 6) is 0.309. The van der Waals surface area contributed by atoms with Gasteiger partial charge in [0, 0.05) is 6.04 Å². The van der Waals surface area contributed by atoms with Crippen molar-refractivity contribution in [3.8, 4) is 0 Å². The lowest BCUT2D eigenvalue weighted by Crippen LogP contribution is -2.40. The van der Waals surface area contributed by atoms with Crippen molar-refractivity contribution in [2.75, 3.05) is 5.32 Å². The van der Waals surface area contributed by atoms with Crippen molar-refractivity contribution in [1.82, 2.24) is 4.98 Å². The van der Waals surface area contributed by atoms with Gasteiger partial charge in [0.2, 0.25) is 0 Å². The molecule has 0 bridgehead atoms. The Kier molecular flexibility index (Phi) is 3.98. The molecule has 0 spiro atoms. The molecular formula is C16H23F3N2. The quantitative estimate of drug-likeness (QED) is 0.820. The molecule has 1 N–H and O–H groups in total. The van der Waals surface area contributed by atoms with Crippen LogP contribution in [0.3, 0.4) is 0 Å². The molecule has 1 saturated carbocycles. The van der Waals surface area contributed by atoms with Crippen LogP contribution in [0, 0.1) is 10.8 Å². The summed E-state index contributed by atoms with van der Waals surface area (Å²) in [6, 6.07) is 4.15. The maximum Gasteiger partial charge on any atom is 0.433 e. The van der Waals surface area contributed by atoms with Crippen molar-refractivity contribution in [1.29, 1.82) is 0 Å². The Morgan fingerprint density at radius 1 is 1.10 bits per heavy atom. The van der Waals surface area contributed by atoms with Crippen molar-refractivity contribution in [3.63, 3.8) is 0 Å². The van der Waals surface area contributed by atoms with Crippen LogP contribution in [0.5, 0.6) is 0 Å². The smallest absolute Gasteiger partial charge is 0.367 e. The predicted molar refractivity (Wildman–Crippen MR) is 78.1 cm³/mol. The molecule has 0 amide bonds. The zero-order valence-corrected chi connectivity index (χ0v) is 13.0. The molecule has 1 aromatic heterocycles. The number of aromatic nitrogens is 1. The Morgan fingerprint density at radius 3 is 2.19 bits per heavy atom. The highest BCUT2D eigenvalue weighted by atomic mass is 19.4. The van der Waals surface area contributed by atoms with Gasteiger partial charge >= 0.3 is 6.18 Å². The van der Waals surface area contributed by atoms with Crippen LogP contribution >= 0.6 is 0 Å².